The number of hydrogen-bond donors (Lipinski definition) is 0. The third kappa shape index (κ3) is 3.31. The minimum absolute atomic E-state index is 0.0434. The Morgan fingerprint density at radius 1 is 1.46 bits per heavy atom. The lowest BCUT2D eigenvalue weighted by atomic mass is 10.0. The summed E-state index contributed by atoms with van der Waals surface area (Å²) in [5.41, 5.74) is 1.96. The van der Waals surface area contributed by atoms with Crippen molar-refractivity contribution >= 4 is 20.6 Å². The van der Waals surface area contributed by atoms with E-state index < -0.39 is 0 Å². The quantitative estimate of drug-likeness (QED) is 0.741. The van der Waals surface area contributed by atoms with Crippen LogP contribution in [0.5, 0.6) is 0 Å². The average molecular weight is 241 g/mol. The molecule has 0 amide bonds. The van der Waals surface area contributed by atoms with Gasteiger partial charge < -0.3 is 0 Å². The van der Waals surface area contributed by atoms with Gasteiger partial charge in [-0.2, -0.15) is 0 Å². The van der Waals surface area contributed by atoms with E-state index in [1.807, 2.05) is 18.2 Å². The monoisotopic (exact) mass is 240 g/mol. The Hall–Kier alpha value is -0.630. The lowest BCUT2D eigenvalue weighted by Crippen LogP contribution is -1.96. The summed E-state index contributed by atoms with van der Waals surface area (Å²) in [4.78, 5) is 11.0. The van der Waals surface area contributed by atoms with Crippen LogP contribution in [0.15, 0.2) is 24.3 Å². The van der Waals surface area contributed by atoms with Gasteiger partial charge in [0, 0.05) is 5.56 Å². The van der Waals surface area contributed by atoms with Gasteiger partial charge in [-0.25, -0.2) is 0 Å². The number of hydrogen-bond acceptors (Lipinski definition) is 1. The molecule has 0 atom stereocenters. The van der Waals surface area contributed by atoms with Crippen molar-refractivity contribution in [1.29, 1.82) is 0 Å². The normalized spacial score (nSPS) is 10.5. The Morgan fingerprint density at radius 3 is 2.69 bits per heavy atom. The van der Waals surface area contributed by atoms with E-state index in [-0.39, 0.29) is 4.69 Å². The van der Waals surface area contributed by atoms with E-state index in [9.17, 15) is 4.79 Å². The molecule has 13 heavy (non-hydrogen) atoms. The lowest BCUT2D eigenvalue weighted by molar-refractivity contribution is 0.109. The molecule has 0 saturated heterocycles. The third-order valence-corrected chi connectivity index (χ3v) is 2.26. The molecule has 0 bridgehead atoms. The molecule has 0 fully saturated rings. The van der Waals surface area contributed by atoms with Crippen LogP contribution in [0.2, 0.25) is 0 Å². The zero-order valence-electron chi connectivity index (χ0n) is 7.88. The van der Waals surface area contributed by atoms with Crippen LogP contribution in [-0.4, -0.2) is 4.69 Å². The zero-order chi connectivity index (χ0) is 9.84. The number of carbonyl (C=O) groups excluding carboxylic acids is 1. The van der Waals surface area contributed by atoms with Crippen LogP contribution in [0.25, 0.3) is 0 Å². The van der Waals surface area contributed by atoms with Gasteiger partial charge in [-0.05, 0) is 39.9 Å². The molecule has 70 valence electrons. The van der Waals surface area contributed by atoms with E-state index in [0.29, 0.717) is 5.92 Å². The van der Waals surface area contributed by atoms with Gasteiger partial charge in [0.25, 0.3) is 0 Å². The number of benzene rings is 1. The van der Waals surface area contributed by atoms with Crippen molar-refractivity contribution in [3.8, 4) is 0 Å². The predicted octanol–water partition coefficient (Wildman–Crippen LogP) is 3.42. The van der Waals surface area contributed by atoms with E-state index in [1.165, 1.54) is 5.56 Å². The molecular weight excluding hydrogens is 228 g/mol. The Bertz CT molecular complexity index is 305. The first-order chi connectivity index (χ1) is 6.09. The number of rotatable bonds is 3. The third-order valence-electron chi connectivity index (χ3n) is 1.80. The molecule has 1 aromatic carbocycles. The van der Waals surface area contributed by atoms with Crippen molar-refractivity contribution in [2.75, 3.05) is 0 Å². The van der Waals surface area contributed by atoms with Crippen LogP contribution in [0, 0.1) is 5.92 Å². The van der Waals surface area contributed by atoms with Crippen LogP contribution < -0.4 is 0 Å². The van der Waals surface area contributed by atoms with Crippen molar-refractivity contribution in [1.82, 2.24) is 0 Å². The van der Waals surface area contributed by atoms with Crippen molar-refractivity contribution in [3.63, 3.8) is 0 Å². The summed E-state index contributed by atoms with van der Waals surface area (Å²) in [6, 6.07) is 7.74. The van der Waals surface area contributed by atoms with Crippen molar-refractivity contribution in [2.45, 2.75) is 20.3 Å². The second kappa shape index (κ2) is 4.56. The van der Waals surface area contributed by atoms with Gasteiger partial charge >= 0.3 is 0 Å². The van der Waals surface area contributed by atoms with Crippen LogP contribution >= 0.6 is 15.9 Å². The first kappa shape index (κ1) is 10.5. The molecule has 0 saturated carbocycles. The Morgan fingerprint density at radius 2 is 2.15 bits per heavy atom. The maximum absolute atomic E-state index is 11.0. The summed E-state index contributed by atoms with van der Waals surface area (Å²) < 4.78 is -0.0434. The first-order valence-electron chi connectivity index (χ1n) is 4.38. The van der Waals surface area contributed by atoms with Crippen molar-refractivity contribution in [3.05, 3.63) is 35.4 Å². The van der Waals surface area contributed by atoms with Gasteiger partial charge in [0.1, 0.15) is 0 Å². The summed E-state index contributed by atoms with van der Waals surface area (Å²) in [6.45, 7) is 4.34. The fraction of sp³-hybridized carbons (Fsp3) is 0.364. The maximum Gasteiger partial charge on any atom is 0.228 e. The maximum atomic E-state index is 11.0. The molecule has 0 aromatic heterocycles. The summed E-state index contributed by atoms with van der Waals surface area (Å²) in [5, 5.41) is 0. The first-order valence-corrected chi connectivity index (χ1v) is 5.17. The minimum atomic E-state index is -0.0434. The van der Waals surface area contributed by atoms with Crippen LogP contribution in [0.1, 0.15) is 29.8 Å². The van der Waals surface area contributed by atoms with Gasteiger partial charge in [-0.1, -0.05) is 32.0 Å². The molecule has 2 heteroatoms. The van der Waals surface area contributed by atoms with Crippen LogP contribution in [-0.2, 0) is 6.42 Å². The average Bonchev–Trinajstić information content (AvgIpc) is 2.03. The second-order valence-electron chi connectivity index (χ2n) is 3.57. The van der Waals surface area contributed by atoms with Gasteiger partial charge in [0.2, 0.25) is 4.69 Å². The summed E-state index contributed by atoms with van der Waals surface area (Å²) in [5.74, 6) is 0.626. The summed E-state index contributed by atoms with van der Waals surface area (Å²) in [6.07, 6.45) is 1.02. The van der Waals surface area contributed by atoms with E-state index in [2.05, 4.69) is 35.8 Å². The lowest BCUT2D eigenvalue weighted by Gasteiger charge is -2.05. The topological polar surface area (TPSA) is 17.1 Å². The second-order valence-corrected chi connectivity index (χ2v) is 4.29. The van der Waals surface area contributed by atoms with Crippen molar-refractivity contribution < 1.29 is 4.79 Å². The fourth-order valence-corrected chi connectivity index (χ4v) is 1.54. The van der Waals surface area contributed by atoms with Gasteiger partial charge in [-0.15, -0.1) is 0 Å². The fourth-order valence-electron chi connectivity index (χ4n) is 1.29. The highest BCUT2D eigenvalue weighted by Crippen LogP contribution is 2.12. The van der Waals surface area contributed by atoms with Gasteiger partial charge in [0.05, 0.1) is 0 Å². The Balaban J connectivity index is 2.85. The predicted molar refractivity (Wildman–Crippen MR) is 58.2 cm³/mol. The molecule has 1 aromatic rings. The van der Waals surface area contributed by atoms with Gasteiger partial charge in [-0.3, -0.25) is 4.79 Å². The number of halogens is 1. The van der Waals surface area contributed by atoms with Crippen LogP contribution in [0.3, 0.4) is 0 Å². The summed E-state index contributed by atoms with van der Waals surface area (Å²) >= 11 is 2.94. The molecule has 0 aliphatic rings. The smallest absolute Gasteiger partial charge is 0.228 e. The molecule has 0 aliphatic carbocycles. The molecule has 0 unspecified atom stereocenters. The molecule has 0 radical (unpaired) electrons. The van der Waals surface area contributed by atoms with E-state index in [4.69, 9.17) is 0 Å². The zero-order valence-corrected chi connectivity index (χ0v) is 9.47. The van der Waals surface area contributed by atoms with E-state index >= 15 is 0 Å². The highest BCUT2D eigenvalue weighted by atomic mass is 79.9. The standard InChI is InChI=1S/C11H13BrO/c1-8(2)6-9-4-3-5-10(7-9)11(12)13/h3-5,7-8H,6H2,1-2H3. The molecular formula is C11H13BrO. The highest BCUT2D eigenvalue weighted by molar-refractivity contribution is 9.18. The highest BCUT2D eigenvalue weighted by Gasteiger charge is 2.02. The molecule has 0 N–H and O–H groups in total. The molecule has 0 heterocycles. The molecule has 0 spiro atoms. The van der Waals surface area contributed by atoms with Gasteiger partial charge in [0.15, 0.2) is 0 Å². The Labute approximate surface area is 87.3 Å². The largest absolute Gasteiger partial charge is 0.281 e. The number of carbonyl (C=O) groups is 1. The van der Waals surface area contributed by atoms with Crippen LogP contribution in [0.4, 0.5) is 0 Å². The van der Waals surface area contributed by atoms with E-state index in [1.54, 1.807) is 0 Å². The van der Waals surface area contributed by atoms with E-state index in [0.717, 1.165) is 12.0 Å². The SMILES string of the molecule is CC(C)Cc1cccc(C(=O)Br)c1. The minimum Gasteiger partial charge on any atom is -0.281 e. The molecule has 1 rings (SSSR count). The Kier molecular flexibility index (Phi) is 3.67. The molecule has 0 aliphatic heterocycles. The van der Waals surface area contributed by atoms with Crippen molar-refractivity contribution in [2.24, 2.45) is 5.92 Å². The molecule has 1 nitrogen and oxygen atoms in total. The summed E-state index contributed by atoms with van der Waals surface area (Å²) in [7, 11) is 0.